The summed E-state index contributed by atoms with van der Waals surface area (Å²) in [5.41, 5.74) is 1.65. The van der Waals surface area contributed by atoms with Crippen LogP contribution in [-0.2, 0) is 13.6 Å². The number of rotatable bonds is 7. The minimum Gasteiger partial charge on any atom is -0.605 e. The molecular formula is C11H19Cl3O3Si2. The maximum atomic E-state index is 10.9. The molecule has 110 valence electrons. The fraction of sp³-hybridized carbons (Fsp3) is 0.636. The maximum absolute atomic E-state index is 10.9. The lowest BCUT2D eigenvalue weighted by Gasteiger charge is -2.23. The number of carbonyl (C=O) groups is 1. The van der Waals surface area contributed by atoms with Gasteiger partial charge in [0.2, 0.25) is 20.8 Å². The Bertz CT molecular complexity index is 346. The van der Waals surface area contributed by atoms with E-state index < -0.39 is 26.7 Å². The van der Waals surface area contributed by atoms with Crippen molar-refractivity contribution in [3.05, 3.63) is 12.7 Å². The highest BCUT2D eigenvalue weighted by molar-refractivity contribution is 6.86. The standard InChI is InChI=1S/C11H19Cl3O3Si2/c1-5-10(15)16-7-6-8-18(9-11(12,13)14)17-19(2,3)4/h5,9H,1,6-8H2,2-4H3. The van der Waals surface area contributed by atoms with Crippen molar-refractivity contribution in [3.63, 3.8) is 0 Å². The summed E-state index contributed by atoms with van der Waals surface area (Å²) in [6.45, 7) is 9.90. The first-order valence-corrected chi connectivity index (χ1v) is 12.0. The molecular weight excluding hydrogens is 343 g/mol. The molecule has 0 rings (SSSR count). The Morgan fingerprint density at radius 1 is 1.37 bits per heavy atom. The summed E-state index contributed by atoms with van der Waals surface area (Å²) in [5, 5.41) is 0. The van der Waals surface area contributed by atoms with Crippen LogP contribution in [-0.4, -0.2) is 39.0 Å². The van der Waals surface area contributed by atoms with E-state index in [1.54, 1.807) is 5.67 Å². The molecule has 8 heteroatoms. The van der Waals surface area contributed by atoms with Gasteiger partial charge in [0.25, 0.3) is 0 Å². The Labute approximate surface area is 132 Å². The average Bonchev–Trinajstić information content (AvgIpc) is 2.19. The third kappa shape index (κ3) is 12.9. The largest absolute Gasteiger partial charge is 0.605 e. The maximum Gasteiger partial charge on any atom is 0.330 e. The van der Waals surface area contributed by atoms with Gasteiger partial charge in [-0.05, 0) is 37.8 Å². The SMILES string of the molecule is C=CC(=O)OCCC[Si](=CC(Cl)(Cl)Cl)O[Si](C)(C)C. The van der Waals surface area contributed by atoms with Crippen LogP contribution in [0, 0.1) is 0 Å². The first kappa shape index (κ1) is 19.2. The van der Waals surface area contributed by atoms with E-state index in [9.17, 15) is 4.79 Å². The zero-order valence-electron chi connectivity index (χ0n) is 11.3. The summed E-state index contributed by atoms with van der Waals surface area (Å²) >= 11 is 17.3. The molecule has 19 heavy (non-hydrogen) atoms. The molecule has 0 heterocycles. The number of hydrogen-bond acceptors (Lipinski definition) is 3. The van der Waals surface area contributed by atoms with Crippen molar-refractivity contribution in [1.82, 2.24) is 0 Å². The Morgan fingerprint density at radius 3 is 2.37 bits per heavy atom. The molecule has 0 amide bonds. The van der Waals surface area contributed by atoms with Crippen LogP contribution in [0.3, 0.4) is 0 Å². The second kappa shape index (κ2) is 8.47. The minimum absolute atomic E-state index is 0.321. The van der Waals surface area contributed by atoms with Gasteiger partial charge in [-0.15, -0.1) is 0 Å². The second-order valence-electron chi connectivity index (χ2n) is 4.84. The molecule has 0 aromatic carbocycles. The fourth-order valence-corrected chi connectivity index (χ4v) is 7.09. The summed E-state index contributed by atoms with van der Waals surface area (Å²) in [5.74, 6) is -0.426. The Kier molecular flexibility index (Phi) is 8.55. The van der Waals surface area contributed by atoms with E-state index >= 15 is 0 Å². The zero-order valence-corrected chi connectivity index (χ0v) is 15.6. The molecule has 0 aliphatic carbocycles. The van der Waals surface area contributed by atoms with Crippen LogP contribution in [0.4, 0.5) is 0 Å². The van der Waals surface area contributed by atoms with Gasteiger partial charge in [0.15, 0.2) is 0 Å². The van der Waals surface area contributed by atoms with Gasteiger partial charge >= 0.3 is 5.97 Å². The van der Waals surface area contributed by atoms with Crippen LogP contribution >= 0.6 is 34.8 Å². The van der Waals surface area contributed by atoms with Crippen LogP contribution in [0.25, 0.3) is 0 Å². The van der Waals surface area contributed by atoms with Gasteiger partial charge in [0.1, 0.15) is 0 Å². The van der Waals surface area contributed by atoms with Gasteiger partial charge < -0.3 is 8.85 Å². The number of alkyl halides is 3. The molecule has 0 aromatic heterocycles. The number of carbonyl (C=O) groups excluding carboxylic acids is 1. The predicted octanol–water partition coefficient (Wildman–Crippen LogP) is 3.70. The molecule has 0 saturated heterocycles. The van der Waals surface area contributed by atoms with Crippen LogP contribution in [0.1, 0.15) is 6.42 Å². The van der Waals surface area contributed by atoms with Crippen molar-refractivity contribution in [2.24, 2.45) is 0 Å². The van der Waals surface area contributed by atoms with Crippen LogP contribution in [0.5, 0.6) is 0 Å². The first-order valence-electron chi connectivity index (χ1n) is 5.80. The molecule has 0 fully saturated rings. The number of ether oxygens (including phenoxy) is 1. The summed E-state index contributed by atoms with van der Waals surface area (Å²) in [4.78, 5) is 10.9. The van der Waals surface area contributed by atoms with Crippen molar-refractivity contribution >= 4 is 63.4 Å². The molecule has 0 atom stereocenters. The van der Waals surface area contributed by atoms with Gasteiger partial charge in [-0.1, -0.05) is 41.4 Å². The fourth-order valence-electron chi connectivity index (χ4n) is 1.21. The van der Waals surface area contributed by atoms with Gasteiger partial charge in [-0.2, -0.15) is 0 Å². The average molecular weight is 362 g/mol. The molecule has 0 unspecified atom stereocenters. The lowest BCUT2D eigenvalue weighted by molar-refractivity contribution is -0.137. The summed E-state index contributed by atoms with van der Waals surface area (Å²) in [7, 11) is -3.03. The van der Waals surface area contributed by atoms with Gasteiger partial charge in [0, 0.05) is 6.08 Å². The molecule has 0 aliphatic heterocycles. The molecule has 0 radical (unpaired) electrons. The molecule has 0 aliphatic rings. The third-order valence-electron chi connectivity index (χ3n) is 1.74. The Hall–Kier alpha value is 0.184. The molecule has 3 nitrogen and oxygen atoms in total. The molecule has 0 N–H and O–H groups in total. The van der Waals surface area contributed by atoms with E-state index in [0.29, 0.717) is 13.0 Å². The van der Waals surface area contributed by atoms with E-state index in [0.717, 1.165) is 12.1 Å². The van der Waals surface area contributed by atoms with Crippen molar-refractivity contribution in [2.45, 2.75) is 35.9 Å². The second-order valence-corrected chi connectivity index (χ2v) is 14.0. The van der Waals surface area contributed by atoms with Crippen molar-refractivity contribution in [1.29, 1.82) is 0 Å². The highest BCUT2D eigenvalue weighted by atomic mass is 35.6. The minimum atomic E-state index is -1.69. The summed E-state index contributed by atoms with van der Waals surface area (Å²) in [6.07, 6.45) is 1.81. The van der Waals surface area contributed by atoms with E-state index in [1.165, 1.54) is 0 Å². The summed E-state index contributed by atoms with van der Waals surface area (Å²) < 4.78 is 9.51. The van der Waals surface area contributed by atoms with Crippen LogP contribution < -0.4 is 0 Å². The van der Waals surface area contributed by atoms with E-state index in [-0.39, 0.29) is 0 Å². The smallest absolute Gasteiger partial charge is 0.330 e. The normalized spacial score (nSPS) is 13.1. The van der Waals surface area contributed by atoms with Gasteiger partial charge in [-0.3, -0.25) is 0 Å². The first-order chi connectivity index (χ1) is 8.53. The number of hydrogen-bond donors (Lipinski definition) is 0. The van der Waals surface area contributed by atoms with E-state index in [4.69, 9.17) is 43.7 Å². The lowest BCUT2D eigenvalue weighted by Crippen LogP contribution is -2.33. The van der Waals surface area contributed by atoms with Gasteiger partial charge in [0.05, 0.1) is 6.61 Å². The molecule has 0 aromatic rings. The van der Waals surface area contributed by atoms with Crippen LogP contribution in [0.15, 0.2) is 12.7 Å². The predicted molar refractivity (Wildman–Crippen MR) is 87.1 cm³/mol. The topological polar surface area (TPSA) is 35.5 Å². The lowest BCUT2D eigenvalue weighted by atomic mass is 10.5. The molecule has 0 bridgehead atoms. The van der Waals surface area contributed by atoms with E-state index in [1.807, 2.05) is 0 Å². The molecule has 0 saturated carbocycles. The van der Waals surface area contributed by atoms with Crippen molar-refractivity contribution < 1.29 is 13.6 Å². The van der Waals surface area contributed by atoms with E-state index in [2.05, 4.69) is 26.2 Å². The Balaban J connectivity index is 4.41. The van der Waals surface area contributed by atoms with Gasteiger partial charge in [-0.25, -0.2) is 4.79 Å². The monoisotopic (exact) mass is 360 g/mol. The zero-order chi connectivity index (χ0) is 15.1. The Morgan fingerprint density at radius 2 is 1.95 bits per heavy atom. The van der Waals surface area contributed by atoms with Crippen molar-refractivity contribution in [2.75, 3.05) is 6.61 Å². The highest BCUT2D eigenvalue weighted by Gasteiger charge is 2.23. The number of halogens is 3. The molecule has 0 spiro atoms. The quantitative estimate of drug-likeness (QED) is 0.228. The number of esters is 1. The van der Waals surface area contributed by atoms with Crippen LogP contribution in [0.2, 0.25) is 25.7 Å². The third-order valence-corrected chi connectivity index (χ3v) is 7.72. The van der Waals surface area contributed by atoms with Crippen molar-refractivity contribution in [3.8, 4) is 0 Å². The highest BCUT2D eigenvalue weighted by Crippen LogP contribution is 2.23. The summed E-state index contributed by atoms with van der Waals surface area (Å²) in [6, 6.07) is 0.729.